The minimum absolute atomic E-state index is 0.1000. The molecule has 3 aromatic heterocycles. The third kappa shape index (κ3) is 3.65. The van der Waals surface area contributed by atoms with E-state index >= 15 is 0 Å². The summed E-state index contributed by atoms with van der Waals surface area (Å²) < 4.78 is 8.20. The van der Waals surface area contributed by atoms with E-state index in [0.29, 0.717) is 5.88 Å². The van der Waals surface area contributed by atoms with E-state index in [9.17, 15) is 5.11 Å². The highest BCUT2D eigenvalue weighted by Crippen LogP contribution is 2.30. The maximum absolute atomic E-state index is 10.2. The van der Waals surface area contributed by atoms with Crippen molar-refractivity contribution in [1.29, 1.82) is 0 Å². The molecule has 2 atom stereocenters. The van der Waals surface area contributed by atoms with Crippen molar-refractivity contribution in [3.8, 4) is 5.88 Å². The number of fused-ring (bicyclic) bond motifs is 2. The van der Waals surface area contributed by atoms with Gasteiger partial charge in [0.1, 0.15) is 0 Å². The molecule has 2 unspecified atom stereocenters. The molecule has 0 amide bonds. The van der Waals surface area contributed by atoms with Crippen LogP contribution in [0.5, 0.6) is 5.88 Å². The summed E-state index contributed by atoms with van der Waals surface area (Å²) in [4.78, 5) is 9.13. The summed E-state index contributed by atoms with van der Waals surface area (Å²) in [5, 5.41) is 19.0. The smallest absolute Gasteiger partial charge is 0.231 e. The van der Waals surface area contributed by atoms with E-state index in [0.717, 1.165) is 58.8 Å². The first-order valence-electron chi connectivity index (χ1n) is 9.91. The molecule has 0 spiro atoms. The van der Waals surface area contributed by atoms with Gasteiger partial charge < -0.3 is 15.2 Å². The molecule has 150 valence electrons. The average molecular weight is 410 g/mol. The summed E-state index contributed by atoms with van der Waals surface area (Å²) in [6, 6.07) is 10.1. The summed E-state index contributed by atoms with van der Waals surface area (Å²) in [5.41, 5.74) is 3.96. The van der Waals surface area contributed by atoms with Gasteiger partial charge in [0.15, 0.2) is 10.8 Å². The zero-order chi connectivity index (χ0) is 19.8. The summed E-state index contributed by atoms with van der Waals surface area (Å²) in [6.45, 7) is 0. The third-order valence-corrected chi connectivity index (χ3v) is 6.44. The zero-order valence-electron chi connectivity index (χ0n) is 16.2. The number of rotatable bonds is 5. The van der Waals surface area contributed by atoms with E-state index < -0.39 is 0 Å². The molecule has 1 aromatic carbocycles. The van der Waals surface area contributed by atoms with E-state index in [1.807, 2.05) is 22.8 Å². The van der Waals surface area contributed by atoms with Crippen LogP contribution in [0.25, 0.3) is 15.9 Å². The SMILES string of the molecule is COc1ccc2ncc(Cc3ccc4nc(NC5CCCCC5O)sc4c3)n2n1. The second-order valence-corrected chi connectivity index (χ2v) is 8.53. The second-order valence-electron chi connectivity index (χ2n) is 7.50. The number of anilines is 1. The lowest BCUT2D eigenvalue weighted by Gasteiger charge is -2.27. The van der Waals surface area contributed by atoms with Crippen LogP contribution in [-0.4, -0.2) is 43.9 Å². The number of aromatic nitrogens is 4. The van der Waals surface area contributed by atoms with Crippen molar-refractivity contribution in [3.63, 3.8) is 0 Å². The van der Waals surface area contributed by atoms with Crippen molar-refractivity contribution in [2.45, 2.75) is 44.2 Å². The Bertz CT molecular complexity index is 1150. The molecule has 2 N–H and O–H groups in total. The Kier molecular flexibility index (Phi) is 4.81. The molecule has 3 heterocycles. The van der Waals surface area contributed by atoms with Crippen molar-refractivity contribution in [3.05, 3.63) is 47.8 Å². The fourth-order valence-corrected chi connectivity index (χ4v) is 4.91. The second kappa shape index (κ2) is 7.61. The lowest BCUT2D eigenvalue weighted by Crippen LogP contribution is -2.36. The molecule has 1 fully saturated rings. The number of aliphatic hydroxyl groups excluding tert-OH is 1. The Hall–Kier alpha value is -2.71. The fraction of sp³-hybridized carbons (Fsp3) is 0.381. The first-order chi connectivity index (χ1) is 14.2. The van der Waals surface area contributed by atoms with Crippen molar-refractivity contribution in [2.24, 2.45) is 0 Å². The molecule has 29 heavy (non-hydrogen) atoms. The summed E-state index contributed by atoms with van der Waals surface area (Å²) >= 11 is 1.64. The van der Waals surface area contributed by atoms with Crippen LogP contribution >= 0.6 is 11.3 Å². The van der Waals surface area contributed by atoms with Gasteiger partial charge in [0.25, 0.3) is 0 Å². The molecule has 0 saturated heterocycles. The van der Waals surface area contributed by atoms with E-state index in [-0.39, 0.29) is 12.1 Å². The van der Waals surface area contributed by atoms with Gasteiger partial charge in [-0.2, -0.15) is 0 Å². The molecule has 7 nitrogen and oxygen atoms in total. The number of methoxy groups -OCH3 is 1. The largest absolute Gasteiger partial charge is 0.480 e. The van der Waals surface area contributed by atoms with Gasteiger partial charge in [-0.1, -0.05) is 30.2 Å². The van der Waals surface area contributed by atoms with Crippen molar-refractivity contribution in [2.75, 3.05) is 12.4 Å². The van der Waals surface area contributed by atoms with Crippen molar-refractivity contribution in [1.82, 2.24) is 19.6 Å². The monoisotopic (exact) mass is 409 g/mol. The minimum Gasteiger partial charge on any atom is -0.480 e. The molecule has 1 aliphatic rings. The van der Waals surface area contributed by atoms with Crippen LogP contribution in [0, 0.1) is 0 Å². The Morgan fingerprint density at radius 1 is 1.24 bits per heavy atom. The van der Waals surface area contributed by atoms with Gasteiger partial charge in [0.05, 0.1) is 41.4 Å². The molecular weight excluding hydrogens is 386 g/mol. The average Bonchev–Trinajstić information content (AvgIpc) is 3.32. The number of nitrogens with zero attached hydrogens (tertiary/aromatic N) is 4. The first-order valence-corrected chi connectivity index (χ1v) is 10.7. The number of ether oxygens (including phenoxy) is 1. The van der Waals surface area contributed by atoms with Crippen molar-refractivity contribution >= 4 is 32.3 Å². The van der Waals surface area contributed by atoms with E-state index in [1.54, 1.807) is 18.4 Å². The predicted octanol–water partition coefficient (Wildman–Crippen LogP) is 3.65. The molecule has 0 aliphatic heterocycles. The van der Waals surface area contributed by atoms with Crippen molar-refractivity contribution < 1.29 is 9.84 Å². The van der Waals surface area contributed by atoms with Gasteiger partial charge in [-0.25, -0.2) is 14.5 Å². The molecule has 0 radical (unpaired) electrons. The topological polar surface area (TPSA) is 84.6 Å². The van der Waals surface area contributed by atoms with Gasteiger partial charge >= 0.3 is 0 Å². The van der Waals surface area contributed by atoms with Crippen LogP contribution < -0.4 is 10.1 Å². The third-order valence-electron chi connectivity index (χ3n) is 5.49. The van der Waals surface area contributed by atoms with E-state index in [2.05, 4.69) is 33.6 Å². The van der Waals surface area contributed by atoms with Gasteiger partial charge in [-0.3, -0.25) is 0 Å². The molecule has 1 aliphatic carbocycles. The first kappa shape index (κ1) is 18.3. The van der Waals surface area contributed by atoms with Gasteiger partial charge in [0, 0.05) is 12.5 Å². The molecule has 5 rings (SSSR count). The van der Waals surface area contributed by atoms with Crippen LogP contribution in [0.2, 0.25) is 0 Å². The van der Waals surface area contributed by atoms with Crippen LogP contribution in [0.3, 0.4) is 0 Å². The van der Waals surface area contributed by atoms with Crippen LogP contribution in [0.15, 0.2) is 36.5 Å². The molecular formula is C21H23N5O2S. The van der Waals surface area contributed by atoms with E-state index in [1.165, 1.54) is 5.56 Å². The normalized spacial score (nSPS) is 19.7. The number of hydrogen-bond donors (Lipinski definition) is 2. The highest BCUT2D eigenvalue weighted by Gasteiger charge is 2.23. The maximum atomic E-state index is 10.2. The standard InChI is InChI=1S/C21H23N5O2S/c1-28-20-9-8-19-22-12-14(26(19)25-20)10-13-6-7-16-18(11-13)29-21(24-16)23-15-4-2-3-5-17(15)27/h6-9,11-12,15,17,27H,2-5,10H2,1H3,(H,23,24). The van der Waals surface area contributed by atoms with Gasteiger partial charge in [-0.15, -0.1) is 5.10 Å². The summed E-state index contributed by atoms with van der Waals surface area (Å²) in [6.07, 6.45) is 6.41. The number of hydrogen-bond acceptors (Lipinski definition) is 7. The molecule has 8 heteroatoms. The van der Waals surface area contributed by atoms with Gasteiger partial charge in [-0.05, 0) is 36.6 Å². The van der Waals surface area contributed by atoms with Crippen LogP contribution in [0.4, 0.5) is 5.13 Å². The zero-order valence-corrected chi connectivity index (χ0v) is 17.0. The molecule has 1 saturated carbocycles. The Morgan fingerprint density at radius 2 is 2.14 bits per heavy atom. The quantitative estimate of drug-likeness (QED) is 0.523. The Morgan fingerprint density at radius 3 is 3.00 bits per heavy atom. The van der Waals surface area contributed by atoms with Crippen LogP contribution in [0.1, 0.15) is 36.9 Å². The number of imidazole rings is 1. The highest BCUT2D eigenvalue weighted by atomic mass is 32.1. The minimum atomic E-state index is -0.286. The maximum Gasteiger partial charge on any atom is 0.231 e. The number of thiazole rings is 1. The highest BCUT2D eigenvalue weighted by molar-refractivity contribution is 7.22. The van der Waals surface area contributed by atoms with Crippen LogP contribution in [-0.2, 0) is 6.42 Å². The predicted molar refractivity (Wildman–Crippen MR) is 114 cm³/mol. The summed E-state index contributed by atoms with van der Waals surface area (Å²) in [5.74, 6) is 0.565. The Labute approximate surface area is 172 Å². The summed E-state index contributed by atoms with van der Waals surface area (Å²) in [7, 11) is 1.61. The lowest BCUT2D eigenvalue weighted by molar-refractivity contribution is 0.116. The molecule has 4 aromatic rings. The van der Waals surface area contributed by atoms with Gasteiger partial charge in [0.2, 0.25) is 5.88 Å². The molecule has 0 bridgehead atoms. The van der Waals surface area contributed by atoms with E-state index in [4.69, 9.17) is 9.72 Å². The Balaban J connectivity index is 1.39. The lowest BCUT2D eigenvalue weighted by atomic mass is 9.93. The number of aliphatic hydroxyl groups is 1. The number of nitrogens with one attached hydrogen (secondary N) is 1. The fourth-order valence-electron chi connectivity index (χ4n) is 3.92. The number of benzene rings is 1.